The summed E-state index contributed by atoms with van der Waals surface area (Å²) in [6.45, 7) is 28.3. The first-order chi connectivity index (χ1) is 61.2. The Balaban J connectivity index is 0.000000117. The molecule has 0 spiro atoms. The average molecular weight is 1700 g/mol. The topological polar surface area (TPSA) is 333 Å². The van der Waals surface area contributed by atoms with Crippen molar-refractivity contribution in [3.63, 3.8) is 0 Å². The van der Waals surface area contributed by atoms with Crippen LogP contribution < -0.4 is 45.8 Å². The molecule has 17 heterocycles. The Morgan fingerprint density at radius 2 is 0.968 bits per heavy atom. The minimum Gasteiger partial charge on any atom is -0.493 e. The number of hydrogen-bond donors (Lipinski definition) is 4. The lowest BCUT2D eigenvalue weighted by Crippen LogP contribution is -2.18. The molecule has 4 aromatic carbocycles. The number of hydrogen-bond acceptors (Lipinski definition) is 23. The van der Waals surface area contributed by atoms with Crippen LogP contribution in [-0.4, -0.2) is 137 Å². The molecule has 12 aromatic heterocycles. The van der Waals surface area contributed by atoms with E-state index in [1.807, 2.05) is 92.2 Å². The van der Waals surface area contributed by atoms with E-state index in [1.165, 1.54) is 28.8 Å². The lowest BCUT2D eigenvalue weighted by Gasteiger charge is -2.13. The highest BCUT2D eigenvalue weighted by atomic mass is 19.1. The summed E-state index contributed by atoms with van der Waals surface area (Å²) in [6, 6.07) is 19.8. The fourth-order valence-electron chi connectivity index (χ4n) is 16.4. The normalized spacial score (nSPS) is 14.3. The van der Waals surface area contributed by atoms with Crippen LogP contribution in [0.5, 0.6) is 23.0 Å². The molecule has 1 fully saturated rings. The molecule has 638 valence electrons. The van der Waals surface area contributed by atoms with Crippen molar-refractivity contribution >= 4 is 64.2 Å². The molecule has 0 aliphatic carbocycles. The van der Waals surface area contributed by atoms with Crippen LogP contribution in [0.15, 0.2) is 152 Å². The number of halogens is 4. The Hall–Kier alpha value is -15.6. The molecule has 1 saturated heterocycles. The summed E-state index contributed by atoms with van der Waals surface area (Å²) in [7, 11) is 5.40. The third kappa shape index (κ3) is 16.5. The molecule has 5 aliphatic heterocycles. The fourth-order valence-corrected chi connectivity index (χ4v) is 16.4. The zero-order valence-corrected chi connectivity index (χ0v) is 69.3. The Morgan fingerprint density at radius 1 is 0.500 bits per heavy atom. The fraction of sp³-hybridized carbons (Fsp3) is 0.270. The van der Waals surface area contributed by atoms with Crippen molar-refractivity contribution < 1.29 is 50.8 Å². The van der Waals surface area contributed by atoms with E-state index in [4.69, 9.17) is 51.4 Å². The Morgan fingerprint density at radius 3 is 1.46 bits per heavy atom. The van der Waals surface area contributed by atoms with Gasteiger partial charge in [-0.1, -0.05) is 30.0 Å². The molecule has 0 amide bonds. The third-order valence-corrected chi connectivity index (χ3v) is 22.4. The number of fused-ring (bicyclic) bond motifs is 8. The molecule has 2 atom stereocenters. The Labute approximate surface area is 716 Å². The molecule has 21 rings (SSSR count). The highest BCUT2D eigenvalue weighted by Gasteiger charge is 2.30. The van der Waals surface area contributed by atoms with Crippen molar-refractivity contribution in [3.05, 3.63) is 265 Å². The number of pyridine rings is 1. The van der Waals surface area contributed by atoms with E-state index in [2.05, 4.69) is 81.1 Å². The maximum Gasteiger partial charge on any atom is 0.373 e. The van der Waals surface area contributed by atoms with Crippen LogP contribution in [0.1, 0.15) is 80.9 Å². The van der Waals surface area contributed by atoms with Gasteiger partial charge in [-0.05, 0) is 100.0 Å². The minimum absolute atomic E-state index is 0.118. The zero-order valence-electron chi connectivity index (χ0n) is 69.3. The van der Waals surface area contributed by atoms with Crippen LogP contribution in [0.3, 0.4) is 0 Å². The summed E-state index contributed by atoms with van der Waals surface area (Å²) < 4.78 is 100. The molecule has 33 nitrogen and oxygen atoms in total. The molecule has 16 aromatic rings. The van der Waals surface area contributed by atoms with Crippen molar-refractivity contribution in [2.24, 2.45) is 27.1 Å². The second kappa shape index (κ2) is 35.4. The molecule has 0 radical (unpaired) electrons. The van der Waals surface area contributed by atoms with Crippen LogP contribution in [0.4, 0.5) is 53.0 Å². The van der Waals surface area contributed by atoms with Crippen LogP contribution >= 0.6 is 0 Å². The Kier molecular flexibility index (Phi) is 23.3. The van der Waals surface area contributed by atoms with Crippen LogP contribution in [-0.2, 0) is 87.5 Å². The second-order valence-corrected chi connectivity index (χ2v) is 30.5. The summed E-state index contributed by atoms with van der Waals surface area (Å²) in [6.07, 6.45) is 24.5. The standard InChI is InChI=1S/C24H25FN6O2.C22H20FN7O.C22H17FN6O2.C20H19FN6O.CO2/c1-15-11-31-23(29-15)19(17-8-28-30(13-17)12-16-4-6-32-14-16)9-26-24(31)27-10-20-18-5-7-33-22(18)3-2-21(20)25;1-12-11-31-18-6-5-16(23)14(20(12)18)8-25-22-26-9-15(17-7-13(2)28-29(17)4)21-27-19(24-3)10-30(21)22;1-24-19-12-29-20(27-19)16(14-4-3-8-28(2)21(14)30)11-26-22(29)25-10-15-13-7-9-31-18(13)6-5-17(15)23;1-12-11-27-19(25-12)15(17-5-7-24-26(17)2)10-23-20(27)22-9-14-13-6-8-28-18(13)4-3-16(14)21;2-1-3/h2-3,8-9,11,13,16H,4-7,10,12,14H2,1H3,(H,26,27);5-7,9-10,12H,8,11H2,1-2,4H3,(H,25,26);3-6,8,11-12H,7,9-10H2,2H3,(H,25,26);3-5,7,10-11H,6,8-9H2,1-2H3,(H,22,23);. The molecule has 4 N–H and O–H groups in total. The van der Waals surface area contributed by atoms with E-state index < -0.39 is 0 Å². The number of nitrogens with one attached hydrogen (secondary N) is 4. The van der Waals surface area contributed by atoms with Crippen LogP contribution in [0, 0.1) is 63.1 Å². The van der Waals surface area contributed by atoms with Gasteiger partial charge in [-0.25, -0.2) is 47.5 Å². The zero-order chi connectivity index (χ0) is 87.6. The van der Waals surface area contributed by atoms with Gasteiger partial charge < -0.3 is 59.2 Å². The first kappa shape index (κ1) is 82.7. The number of nitrogens with zero attached hydrogens (tertiary/aromatic N) is 21. The number of ether oxygens (including phenoxy) is 5. The third-order valence-electron chi connectivity index (χ3n) is 22.4. The second-order valence-electron chi connectivity index (χ2n) is 30.5. The van der Waals surface area contributed by atoms with Gasteiger partial charge in [0.2, 0.25) is 35.1 Å². The van der Waals surface area contributed by atoms with Crippen molar-refractivity contribution in [2.45, 2.75) is 92.0 Å². The SMILES string of the molecule is Cc1cn2c(NCc3c(F)ccc4c3CCO4)ncc(-c3ccnn3C)c2n1.Cc1cn2c(NCc3c(F)ccc4c3CCO4)ncc(-c3cnn(CC4CCOC4)c3)c2n1.O=C=O.[C-]#[N+]c1cn2c(NCc3c(F)ccc4c3C(C)CO4)ncc(-c3cc(C)nn3C)c2n1.[C-]#[N+]c1cn2c(NCc3c(F)ccc4c3CCO4)ncc(-c3cccn(C)c3=O)c2n1. The minimum atomic E-state index is -0.315. The molecular formula is C89H81F4N25O8. The van der Waals surface area contributed by atoms with E-state index in [0.717, 1.165) is 134 Å². The molecule has 37 heteroatoms. The van der Waals surface area contributed by atoms with Crippen LogP contribution in [0.25, 0.3) is 77.0 Å². The Bertz CT molecular complexity index is 7080. The largest absolute Gasteiger partial charge is 0.493 e. The van der Waals surface area contributed by atoms with Gasteiger partial charge in [0.25, 0.3) is 17.2 Å². The highest BCUT2D eigenvalue weighted by Crippen LogP contribution is 2.40. The maximum absolute atomic E-state index is 14.6. The first-order valence-electron chi connectivity index (χ1n) is 40.4. The number of imidazole rings is 4. The van der Waals surface area contributed by atoms with Gasteiger partial charge in [0.15, 0.2) is 5.65 Å². The van der Waals surface area contributed by atoms with Crippen molar-refractivity contribution in [2.75, 3.05) is 60.9 Å². The van der Waals surface area contributed by atoms with Crippen molar-refractivity contribution in [1.29, 1.82) is 0 Å². The average Bonchev–Trinajstić information content (AvgIpc) is 1.28. The van der Waals surface area contributed by atoms with E-state index in [-0.39, 0.29) is 65.6 Å². The lowest BCUT2D eigenvalue weighted by molar-refractivity contribution is -0.191. The van der Waals surface area contributed by atoms with Gasteiger partial charge in [0.1, 0.15) is 51.9 Å². The summed E-state index contributed by atoms with van der Waals surface area (Å²) in [5.41, 5.74) is 17.2. The molecule has 126 heavy (non-hydrogen) atoms. The van der Waals surface area contributed by atoms with Gasteiger partial charge in [-0.2, -0.15) is 24.9 Å². The molecular weight excluding hydrogens is 1620 g/mol. The van der Waals surface area contributed by atoms with Gasteiger partial charge >= 0.3 is 6.15 Å². The maximum atomic E-state index is 14.6. The van der Waals surface area contributed by atoms with Gasteiger partial charge in [0, 0.05) is 215 Å². The number of aromatic nitrogens is 19. The summed E-state index contributed by atoms with van der Waals surface area (Å²) in [5.74, 6) is 5.02. The predicted molar refractivity (Wildman–Crippen MR) is 455 cm³/mol. The smallest absolute Gasteiger partial charge is 0.373 e. The summed E-state index contributed by atoms with van der Waals surface area (Å²) in [5, 5.41) is 26.1. The van der Waals surface area contributed by atoms with Gasteiger partial charge in [-0.15, -0.1) is 0 Å². The summed E-state index contributed by atoms with van der Waals surface area (Å²) >= 11 is 0. The van der Waals surface area contributed by atoms with E-state index in [1.54, 1.807) is 111 Å². The number of anilines is 4. The number of aryl methyl sites for hydroxylation is 6. The molecule has 0 bridgehead atoms. The van der Waals surface area contributed by atoms with Gasteiger partial charge in [-0.3, -0.25) is 36.4 Å². The van der Waals surface area contributed by atoms with E-state index >= 15 is 0 Å². The van der Waals surface area contributed by atoms with Crippen molar-refractivity contribution in [3.8, 4) is 67.8 Å². The first-order valence-corrected chi connectivity index (χ1v) is 40.4. The molecule has 0 saturated carbocycles. The predicted octanol–water partition coefficient (Wildman–Crippen LogP) is 13.7. The molecule has 5 aliphatic rings. The lowest BCUT2D eigenvalue weighted by atomic mass is 9.97. The number of benzene rings is 4. The van der Waals surface area contributed by atoms with Gasteiger partial charge in [0.05, 0.1) is 90.0 Å². The van der Waals surface area contributed by atoms with E-state index in [9.17, 15) is 22.4 Å². The number of carbonyl (C=O) groups excluding carboxylic acids is 2. The van der Waals surface area contributed by atoms with Crippen LogP contribution in [0.2, 0.25) is 0 Å². The summed E-state index contributed by atoms with van der Waals surface area (Å²) in [4.78, 5) is 72.1. The molecule has 2 unspecified atom stereocenters. The number of rotatable bonds is 18. The van der Waals surface area contributed by atoms with E-state index in [0.29, 0.717) is 132 Å². The van der Waals surface area contributed by atoms with Crippen molar-refractivity contribution in [1.82, 2.24) is 91.4 Å². The monoisotopic (exact) mass is 1700 g/mol. The quantitative estimate of drug-likeness (QED) is 0.0458. The highest BCUT2D eigenvalue weighted by molar-refractivity contribution is 5.81.